The molecule has 0 aliphatic rings. The van der Waals surface area contributed by atoms with Crippen LogP contribution in [0, 0.1) is 18.3 Å². The van der Waals surface area contributed by atoms with E-state index in [0.29, 0.717) is 18.7 Å². The molecule has 96 valence electrons. The Labute approximate surface area is 113 Å². The first-order chi connectivity index (χ1) is 9.28. The first kappa shape index (κ1) is 13.3. The van der Waals surface area contributed by atoms with Gasteiger partial charge in [0.2, 0.25) is 0 Å². The van der Waals surface area contributed by atoms with Gasteiger partial charge in [-0.05, 0) is 30.2 Å². The minimum atomic E-state index is 0.484. The summed E-state index contributed by atoms with van der Waals surface area (Å²) in [5, 5.41) is 8.69. The van der Waals surface area contributed by atoms with E-state index in [2.05, 4.69) is 42.7 Å². The first-order valence-electron chi connectivity index (χ1n) is 6.17. The molecule has 0 saturated carbocycles. The average molecular weight is 252 g/mol. The molecule has 0 bridgehead atoms. The maximum absolute atomic E-state index is 8.69. The number of nitrogens with zero attached hydrogens (tertiary/aromatic N) is 1. The highest BCUT2D eigenvalue weighted by atomic mass is 16.6. The van der Waals surface area contributed by atoms with Gasteiger partial charge >= 0.3 is 0 Å². The number of rotatable bonds is 5. The second kappa shape index (κ2) is 6.69. The molecule has 2 aromatic rings. The van der Waals surface area contributed by atoms with Crippen molar-refractivity contribution in [1.29, 1.82) is 5.26 Å². The van der Waals surface area contributed by atoms with Crippen LogP contribution in [0.4, 0.5) is 0 Å². The molecule has 0 aliphatic carbocycles. The maximum atomic E-state index is 8.69. The van der Waals surface area contributed by atoms with E-state index in [4.69, 9.17) is 10.1 Å². The molecule has 3 heteroatoms. The molecule has 0 atom stereocenters. The third-order valence-corrected chi connectivity index (χ3v) is 2.82. The Bertz CT molecular complexity index is 553. The van der Waals surface area contributed by atoms with Crippen LogP contribution in [-0.4, -0.2) is 0 Å². The van der Waals surface area contributed by atoms with Crippen LogP contribution in [0.25, 0.3) is 0 Å². The molecule has 19 heavy (non-hydrogen) atoms. The van der Waals surface area contributed by atoms with E-state index in [0.717, 1.165) is 5.56 Å². The Morgan fingerprint density at radius 3 is 2.26 bits per heavy atom. The molecule has 3 nitrogen and oxygen atoms in total. The lowest BCUT2D eigenvalue weighted by atomic mass is 10.1. The molecule has 0 spiro atoms. The Morgan fingerprint density at radius 1 is 1.00 bits per heavy atom. The van der Waals surface area contributed by atoms with Gasteiger partial charge in [-0.2, -0.15) is 10.7 Å². The lowest BCUT2D eigenvalue weighted by molar-refractivity contribution is 0.0235. The van der Waals surface area contributed by atoms with Crippen molar-refractivity contribution in [1.82, 2.24) is 5.48 Å². The summed E-state index contributed by atoms with van der Waals surface area (Å²) in [5.41, 5.74) is 7.07. The topological polar surface area (TPSA) is 45.0 Å². The van der Waals surface area contributed by atoms with Gasteiger partial charge in [-0.25, -0.2) is 0 Å². The smallest absolute Gasteiger partial charge is 0.0991 e. The fourth-order valence-corrected chi connectivity index (χ4v) is 1.65. The quantitative estimate of drug-likeness (QED) is 0.657. The van der Waals surface area contributed by atoms with E-state index in [1.54, 1.807) is 12.1 Å². The number of hydrogen-bond acceptors (Lipinski definition) is 3. The van der Waals surface area contributed by atoms with Gasteiger partial charge in [0.1, 0.15) is 0 Å². The van der Waals surface area contributed by atoms with Gasteiger partial charge in [-0.1, -0.05) is 42.0 Å². The van der Waals surface area contributed by atoms with Crippen LogP contribution < -0.4 is 5.48 Å². The van der Waals surface area contributed by atoms with Crippen molar-refractivity contribution in [3.05, 3.63) is 70.8 Å². The molecule has 0 saturated heterocycles. The molecular weight excluding hydrogens is 236 g/mol. The largest absolute Gasteiger partial charge is 0.297 e. The number of nitriles is 1. The van der Waals surface area contributed by atoms with Crippen LogP contribution in [0.1, 0.15) is 22.3 Å². The van der Waals surface area contributed by atoms with Gasteiger partial charge in [-0.15, -0.1) is 0 Å². The van der Waals surface area contributed by atoms with Gasteiger partial charge in [-0.3, -0.25) is 4.84 Å². The molecular formula is C16H16N2O. The van der Waals surface area contributed by atoms with Crippen LogP contribution in [0.15, 0.2) is 48.5 Å². The van der Waals surface area contributed by atoms with Crippen LogP contribution in [0.2, 0.25) is 0 Å². The van der Waals surface area contributed by atoms with Crippen molar-refractivity contribution >= 4 is 0 Å². The number of benzene rings is 2. The fraction of sp³-hybridized carbons (Fsp3) is 0.188. The molecule has 0 fully saturated rings. The SMILES string of the molecule is Cc1ccc(CNOCc2ccc(C#N)cc2)cc1. The zero-order chi connectivity index (χ0) is 13.5. The molecule has 0 unspecified atom stereocenters. The van der Waals surface area contributed by atoms with E-state index in [9.17, 15) is 0 Å². The van der Waals surface area contributed by atoms with Gasteiger partial charge in [0.25, 0.3) is 0 Å². The lowest BCUT2D eigenvalue weighted by Gasteiger charge is -2.06. The van der Waals surface area contributed by atoms with Gasteiger partial charge < -0.3 is 0 Å². The normalized spacial score (nSPS) is 10.1. The average Bonchev–Trinajstić information content (AvgIpc) is 2.46. The summed E-state index contributed by atoms with van der Waals surface area (Å²) in [6.45, 7) is 3.23. The Morgan fingerprint density at radius 2 is 1.63 bits per heavy atom. The van der Waals surface area contributed by atoms with Crippen molar-refractivity contribution in [2.75, 3.05) is 0 Å². The van der Waals surface area contributed by atoms with Crippen LogP contribution >= 0.6 is 0 Å². The molecule has 1 N–H and O–H groups in total. The van der Waals surface area contributed by atoms with Crippen molar-refractivity contribution in [2.24, 2.45) is 0 Å². The Kier molecular flexibility index (Phi) is 4.68. The van der Waals surface area contributed by atoms with Gasteiger partial charge in [0.05, 0.1) is 18.2 Å². The summed E-state index contributed by atoms with van der Waals surface area (Å²) in [7, 11) is 0. The van der Waals surface area contributed by atoms with E-state index in [1.165, 1.54) is 11.1 Å². The van der Waals surface area contributed by atoms with Gasteiger partial charge in [0, 0.05) is 6.54 Å². The molecule has 0 aliphatic heterocycles. The van der Waals surface area contributed by atoms with E-state index >= 15 is 0 Å². The van der Waals surface area contributed by atoms with Crippen LogP contribution in [0.3, 0.4) is 0 Å². The molecule has 0 radical (unpaired) electrons. The fourth-order valence-electron chi connectivity index (χ4n) is 1.65. The summed E-state index contributed by atoms with van der Waals surface area (Å²) < 4.78 is 0. The number of nitrogens with one attached hydrogen (secondary N) is 1. The van der Waals surface area contributed by atoms with Crippen molar-refractivity contribution in [3.8, 4) is 6.07 Å². The van der Waals surface area contributed by atoms with E-state index in [-0.39, 0.29) is 0 Å². The summed E-state index contributed by atoms with van der Waals surface area (Å²) in [6.07, 6.45) is 0. The molecule has 0 amide bonds. The Hall–Kier alpha value is -2.15. The summed E-state index contributed by atoms with van der Waals surface area (Å²) in [6, 6.07) is 17.8. The lowest BCUT2D eigenvalue weighted by Crippen LogP contribution is -2.13. The number of hydroxylamine groups is 1. The van der Waals surface area contributed by atoms with Crippen molar-refractivity contribution in [3.63, 3.8) is 0 Å². The third kappa shape index (κ3) is 4.22. The predicted molar refractivity (Wildman–Crippen MR) is 74.0 cm³/mol. The van der Waals surface area contributed by atoms with E-state index in [1.807, 2.05) is 12.1 Å². The highest BCUT2D eigenvalue weighted by Gasteiger charge is 1.95. The third-order valence-electron chi connectivity index (χ3n) is 2.82. The van der Waals surface area contributed by atoms with E-state index < -0.39 is 0 Å². The van der Waals surface area contributed by atoms with Crippen LogP contribution in [0.5, 0.6) is 0 Å². The zero-order valence-electron chi connectivity index (χ0n) is 10.9. The Balaban J connectivity index is 1.74. The minimum absolute atomic E-state index is 0.484. The van der Waals surface area contributed by atoms with Crippen molar-refractivity contribution in [2.45, 2.75) is 20.1 Å². The first-order valence-corrected chi connectivity index (χ1v) is 6.17. The number of aryl methyl sites for hydroxylation is 1. The predicted octanol–water partition coefficient (Wildman–Crippen LogP) is 3.09. The molecule has 2 rings (SSSR count). The second-order valence-corrected chi connectivity index (χ2v) is 4.40. The molecule has 0 heterocycles. The van der Waals surface area contributed by atoms with Crippen LogP contribution in [-0.2, 0) is 18.0 Å². The summed E-state index contributed by atoms with van der Waals surface area (Å²) in [5.74, 6) is 0. The minimum Gasteiger partial charge on any atom is -0.297 e. The summed E-state index contributed by atoms with van der Waals surface area (Å²) >= 11 is 0. The zero-order valence-corrected chi connectivity index (χ0v) is 10.9. The summed E-state index contributed by atoms with van der Waals surface area (Å²) in [4.78, 5) is 5.39. The molecule has 0 aromatic heterocycles. The molecule has 2 aromatic carbocycles. The maximum Gasteiger partial charge on any atom is 0.0991 e. The standard InChI is InChI=1S/C16H16N2O/c1-13-2-4-15(5-3-13)11-18-19-12-16-8-6-14(10-17)7-9-16/h2-9,18H,11-12H2,1H3. The van der Waals surface area contributed by atoms with Gasteiger partial charge in [0.15, 0.2) is 0 Å². The monoisotopic (exact) mass is 252 g/mol. The second-order valence-electron chi connectivity index (χ2n) is 4.40. The highest BCUT2D eigenvalue weighted by molar-refractivity contribution is 5.31. The van der Waals surface area contributed by atoms with Crippen molar-refractivity contribution < 1.29 is 4.84 Å². The number of hydrogen-bond donors (Lipinski definition) is 1. The highest BCUT2D eigenvalue weighted by Crippen LogP contribution is 2.05.